The predicted octanol–water partition coefficient (Wildman–Crippen LogP) is 8.25. The highest BCUT2D eigenvalue weighted by atomic mass is 35.5. The summed E-state index contributed by atoms with van der Waals surface area (Å²) in [5.74, 6) is 0.153. The first-order valence-electron chi connectivity index (χ1n) is 15.4. The lowest BCUT2D eigenvalue weighted by Crippen LogP contribution is -2.30. The van der Waals surface area contributed by atoms with Crippen molar-refractivity contribution in [3.63, 3.8) is 0 Å². The summed E-state index contributed by atoms with van der Waals surface area (Å²) >= 11 is 7.52. The molecule has 0 heterocycles. The second kappa shape index (κ2) is 17.1. The molecular formula is C39H34ClN3O6S. The van der Waals surface area contributed by atoms with Gasteiger partial charge < -0.3 is 30.2 Å². The van der Waals surface area contributed by atoms with E-state index in [0.717, 1.165) is 5.56 Å². The summed E-state index contributed by atoms with van der Waals surface area (Å²) in [5, 5.41) is 8.36. The Hall–Kier alpha value is -5.71. The first-order chi connectivity index (χ1) is 24.3. The van der Waals surface area contributed by atoms with Crippen molar-refractivity contribution in [2.45, 2.75) is 10.1 Å². The van der Waals surface area contributed by atoms with Crippen LogP contribution in [0.15, 0.2) is 132 Å². The second-order valence-corrected chi connectivity index (χ2v) is 12.3. The normalized spacial score (nSPS) is 11.6. The molecule has 0 spiro atoms. The van der Waals surface area contributed by atoms with Crippen LogP contribution in [0.4, 0.5) is 11.4 Å². The molecule has 50 heavy (non-hydrogen) atoms. The largest absolute Gasteiger partial charge is 0.497 e. The summed E-state index contributed by atoms with van der Waals surface area (Å²) in [5.41, 5.74) is 2.52. The lowest BCUT2D eigenvalue weighted by Gasteiger charge is -2.19. The molecule has 1 unspecified atom stereocenters. The molecular weight excluding hydrogens is 674 g/mol. The molecule has 0 fully saturated rings. The van der Waals surface area contributed by atoms with Gasteiger partial charge in [-0.1, -0.05) is 66.2 Å². The fraction of sp³-hybridized carbons (Fsp3) is 0.103. The number of thioether (sulfide) groups is 1. The summed E-state index contributed by atoms with van der Waals surface area (Å²) in [4.78, 5) is 41.5. The van der Waals surface area contributed by atoms with E-state index in [1.54, 1.807) is 84.9 Å². The van der Waals surface area contributed by atoms with Crippen LogP contribution < -0.4 is 30.2 Å². The van der Waals surface area contributed by atoms with Crippen LogP contribution in [0.2, 0.25) is 5.02 Å². The van der Waals surface area contributed by atoms with E-state index in [2.05, 4.69) is 16.0 Å². The minimum absolute atomic E-state index is 0.0273. The van der Waals surface area contributed by atoms with E-state index in [0.29, 0.717) is 49.7 Å². The molecule has 1 atom stereocenters. The Labute approximate surface area is 299 Å². The molecule has 0 aliphatic heterocycles. The number of amides is 3. The molecule has 254 valence electrons. The molecule has 0 bridgehead atoms. The van der Waals surface area contributed by atoms with E-state index >= 15 is 0 Å². The first-order valence-corrected chi connectivity index (χ1v) is 16.6. The molecule has 3 N–H and O–H groups in total. The number of hydrogen-bond acceptors (Lipinski definition) is 7. The van der Waals surface area contributed by atoms with Gasteiger partial charge in [0.15, 0.2) is 0 Å². The Kier molecular flexibility index (Phi) is 12.2. The molecule has 0 aliphatic rings. The van der Waals surface area contributed by atoms with Gasteiger partial charge in [-0.2, -0.15) is 0 Å². The van der Waals surface area contributed by atoms with Gasteiger partial charge in [-0.3, -0.25) is 14.4 Å². The van der Waals surface area contributed by atoms with Crippen LogP contribution in [0, 0.1) is 0 Å². The van der Waals surface area contributed by atoms with Crippen molar-refractivity contribution < 1.29 is 28.6 Å². The third-order valence-corrected chi connectivity index (χ3v) is 8.85. The number of carbonyl (C=O) groups is 3. The lowest BCUT2D eigenvalue weighted by molar-refractivity contribution is -0.116. The van der Waals surface area contributed by atoms with Gasteiger partial charge in [0.25, 0.3) is 11.8 Å². The van der Waals surface area contributed by atoms with Gasteiger partial charge in [-0.15, -0.1) is 11.8 Å². The van der Waals surface area contributed by atoms with Crippen LogP contribution in [0.1, 0.15) is 26.7 Å². The van der Waals surface area contributed by atoms with Crippen molar-refractivity contribution in [3.8, 4) is 17.2 Å². The maximum atomic E-state index is 13.8. The number of ether oxygens (including phenoxy) is 3. The van der Waals surface area contributed by atoms with Gasteiger partial charge in [-0.05, 0) is 78.4 Å². The average molecular weight is 708 g/mol. The van der Waals surface area contributed by atoms with Gasteiger partial charge in [-0.25, -0.2) is 0 Å². The smallest absolute Gasteiger partial charge is 0.272 e. The topological polar surface area (TPSA) is 115 Å². The number of rotatable bonds is 13. The Morgan fingerprint density at radius 1 is 0.720 bits per heavy atom. The highest BCUT2D eigenvalue weighted by Gasteiger charge is 2.24. The van der Waals surface area contributed by atoms with E-state index in [4.69, 9.17) is 25.8 Å². The Bertz CT molecular complexity index is 2010. The molecule has 0 aliphatic carbocycles. The molecule has 0 radical (unpaired) electrons. The van der Waals surface area contributed by atoms with Crippen LogP contribution in [0.25, 0.3) is 6.08 Å². The van der Waals surface area contributed by atoms with Crippen molar-refractivity contribution in [2.75, 3.05) is 32.0 Å². The lowest BCUT2D eigenvalue weighted by atomic mass is 10.1. The SMILES string of the molecule is COc1ccc(OC)c(/C=C(/NC(=O)c2ccccc2)C(=O)Nc2cccc(SC(C(=O)Nc3cc(Cl)ccc3OC)c3ccccc3)c2)c1. The Balaban J connectivity index is 1.42. The van der Waals surface area contributed by atoms with Crippen molar-refractivity contribution in [1.82, 2.24) is 5.32 Å². The summed E-state index contributed by atoms with van der Waals surface area (Å²) in [7, 11) is 4.56. The highest BCUT2D eigenvalue weighted by molar-refractivity contribution is 8.00. The van der Waals surface area contributed by atoms with E-state index in [9.17, 15) is 14.4 Å². The third-order valence-electron chi connectivity index (χ3n) is 7.37. The molecule has 5 rings (SSSR count). The van der Waals surface area contributed by atoms with Gasteiger partial charge in [0.1, 0.15) is 28.2 Å². The third kappa shape index (κ3) is 9.25. The molecule has 0 aromatic heterocycles. The quantitative estimate of drug-likeness (QED) is 0.0834. The predicted molar refractivity (Wildman–Crippen MR) is 198 cm³/mol. The summed E-state index contributed by atoms with van der Waals surface area (Å²) in [6.45, 7) is 0. The maximum Gasteiger partial charge on any atom is 0.272 e. The van der Waals surface area contributed by atoms with E-state index in [1.165, 1.54) is 39.2 Å². The molecule has 0 saturated heterocycles. The highest BCUT2D eigenvalue weighted by Crippen LogP contribution is 2.38. The van der Waals surface area contributed by atoms with E-state index in [-0.39, 0.29) is 11.6 Å². The Morgan fingerprint density at radius 3 is 2.12 bits per heavy atom. The zero-order chi connectivity index (χ0) is 35.5. The second-order valence-electron chi connectivity index (χ2n) is 10.7. The number of halogens is 1. The number of carbonyl (C=O) groups excluding carboxylic acids is 3. The van der Waals surface area contributed by atoms with E-state index in [1.807, 2.05) is 36.4 Å². The number of hydrogen-bond donors (Lipinski definition) is 3. The minimum Gasteiger partial charge on any atom is -0.497 e. The van der Waals surface area contributed by atoms with Crippen LogP contribution in [-0.2, 0) is 9.59 Å². The molecule has 0 saturated carbocycles. The fourth-order valence-corrected chi connectivity index (χ4v) is 6.16. The zero-order valence-electron chi connectivity index (χ0n) is 27.4. The summed E-state index contributed by atoms with van der Waals surface area (Å²) < 4.78 is 16.3. The molecule has 5 aromatic rings. The molecule has 9 nitrogen and oxygen atoms in total. The van der Waals surface area contributed by atoms with Gasteiger partial charge in [0.05, 0.1) is 27.0 Å². The standard InChI is InChI=1S/C39H34ClN3O6S/c1-47-30-18-20-34(48-2)27(21-30)22-33(43-37(44)26-13-8-5-9-14-26)38(45)41-29-15-10-16-31(24-29)50-36(25-11-6-4-7-12-25)39(46)42-32-23-28(40)17-19-35(32)49-3/h4-24,36H,1-3H3,(H,41,45)(H,42,46)(H,43,44)/b33-22+. The van der Waals surface area contributed by atoms with Gasteiger partial charge in [0.2, 0.25) is 5.91 Å². The van der Waals surface area contributed by atoms with Crippen LogP contribution in [0.3, 0.4) is 0 Å². The molecule has 11 heteroatoms. The maximum absolute atomic E-state index is 13.8. The minimum atomic E-state index is -0.674. The Morgan fingerprint density at radius 2 is 1.42 bits per heavy atom. The zero-order valence-corrected chi connectivity index (χ0v) is 29.0. The number of benzene rings is 5. The number of anilines is 2. The van der Waals surface area contributed by atoms with E-state index < -0.39 is 17.1 Å². The van der Waals surface area contributed by atoms with Crippen LogP contribution in [-0.4, -0.2) is 39.1 Å². The van der Waals surface area contributed by atoms with Crippen molar-refractivity contribution in [1.29, 1.82) is 0 Å². The average Bonchev–Trinajstić information content (AvgIpc) is 3.14. The summed E-state index contributed by atoms with van der Waals surface area (Å²) in [6.07, 6.45) is 1.52. The first kappa shape index (κ1) is 35.6. The van der Waals surface area contributed by atoms with Crippen LogP contribution >= 0.6 is 23.4 Å². The van der Waals surface area contributed by atoms with Gasteiger partial charge in [0, 0.05) is 26.7 Å². The van der Waals surface area contributed by atoms with Gasteiger partial charge >= 0.3 is 0 Å². The fourth-order valence-electron chi connectivity index (χ4n) is 4.91. The monoisotopic (exact) mass is 707 g/mol. The van der Waals surface area contributed by atoms with Crippen molar-refractivity contribution >= 4 is 58.5 Å². The number of nitrogens with one attached hydrogen (secondary N) is 3. The molecule has 3 amide bonds. The summed E-state index contributed by atoms with van der Waals surface area (Å²) in [6, 6.07) is 35.2. The van der Waals surface area contributed by atoms with Crippen molar-refractivity contribution in [3.05, 3.63) is 149 Å². The number of methoxy groups -OCH3 is 3. The van der Waals surface area contributed by atoms with Crippen molar-refractivity contribution in [2.24, 2.45) is 0 Å². The van der Waals surface area contributed by atoms with Crippen LogP contribution in [0.5, 0.6) is 17.2 Å². The molecule has 5 aromatic carbocycles.